The molecule has 30 heavy (non-hydrogen) atoms. The van der Waals surface area contributed by atoms with Gasteiger partial charge in [-0.25, -0.2) is 8.42 Å². The largest absolute Gasteiger partial charge is 0.435 e. The number of carbonyl (C=O) groups is 2. The maximum atomic E-state index is 12.7. The fraction of sp³-hybridized carbons (Fsp3) is 0.278. The normalized spacial score (nSPS) is 12.1. The average Bonchev–Trinajstić information content (AvgIpc) is 3.21. The summed E-state index contributed by atoms with van der Waals surface area (Å²) < 4.78 is 54.7. The van der Waals surface area contributed by atoms with Gasteiger partial charge in [0.25, 0.3) is 5.91 Å². The van der Waals surface area contributed by atoms with Gasteiger partial charge in [0, 0.05) is 5.56 Å². The topological polar surface area (TPSA) is 125 Å². The molecule has 1 heterocycles. The third-order valence-corrected chi connectivity index (χ3v) is 6.15. The molecule has 12 heteroatoms. The van der Waals surface area contributed by atoms with Crippen molar-refractivity contribution in [3.8, 4) is 11.8 Å². The number of ether oxygens (including phenoxy) is 1. The fourth-order valence-corrected chi connectivity index (χ4v) is 4.65. The molecule has 2 rings (SSSR count). The van der Waals surface area contributed by atoms with Crippen molar-refractivity contribution in [1.29, 1.82) is 5.26 Å². The molecule has 8 nitrogen and oxygen atoms in total. The lowest BCUT2D eigenvalue weighted by atomic mass is 10.2. The molecule has 0 bridgehead atoms. The zero-order valence-electron chi connectivity index (χ0n) is 15.4. The van der Waals surface area contributed by atoms with E-state index in [1.54, 1.807) is 17.5 Å². The van der Waals surface area contributed by atoms with Crippen LogP contribution in [0, 0.1) is 11.3 Å². The SMILES string of the molecule is N#CCNC(=O)[C@H](CS(=O)(=O)Cc1ccccc1OC(F)F)NC(=O)c1cccs1. The Morgan fingerprint density at radius 2 is 1.93 bits per heavy atom. The first-order valence-corrected chi connectivity index (χ1v) is 11.1. The fourth-order valence-electron chi connectivity index (χ4n) is 2.45. The number of halogens is 2. The van der Waals surface area contributed by atoms with Gasteiger partial charge in [-0.2, -0.15) is 14.0 Å². The van der Waals surface area contributed by atoms with Crippen LogP contribution in [-0.4, -0.2) is 45.2 Å². The number of hydrogen-bond acceptors (Lipinski definition) is 7. The summed E-state index contributed by atoms with van der Waals surface area (Å²) in [6.45, 7) is -3.52. The van der Waals surface area contributed by atoms with Crippen LogP contribution in [0.25, 0.3) is 0 Å². The zero-order valence-corrected chi connectivity index (χ0v) is 17.0. The number of rotatable bonds is 10. The standard InChI is InChI=1S/C18H17F2N3O5S2/c19-18(20)28-14-5-2-1-4-12(14)10-30(26,27)11-13(16(24)22-8-7-21)23-17(25)15-6-3-9-29-15/h1-6,9,13,18H,8,10-11H2,(H,22,24)(H,23,25)/t13-/m0/s1. The Hall–Kier alpha value is -3.04. The Balaban J connectivity index is 2.19. The lowest BCUT2D eigenvalue weighted by Crippen LogP contribution is -2.50. The number of nitrogens with one attached hydrogen (secondary N) is 2. The Morgan fingerprint density at radius 1 is 1.20 bits per heavy atom. The van der Waals surface area contributed by atoms with Crippen LogP contribution in [0.3, 0.4) is 0 Å². The molecular formula is C18H17F2N3O5S2. The highest BCUT2D eigenvalue weighted by Gasteiger charge is 2.28. The van der Waals surface area contributed by atoms with Gasteiger partial charge in [0.15, 0.2) is 9.84 Å². The highest BCUT2D eigenvalue weighted by atomic mass is 32.2. The minimum absolute atomic E-state index is 0.0152. The molecule has 2 N–H and O–H groups in total. The Morgan fingerprint density at radius 3 is 2.57 bits per heavy atom. The van der Waals surface area contributed by atoms with Gasteiger partial charge in [-0.1, -0.05) is 24.3 Å². The number of thiophene rings is 1. The molecular weight excluding hydrogens is 440 g/mol. The minimum atomic E-state index is -4.06. The molecule has 2 aromatic rings. The molecule has 0 unspecified atom stereocenters. The molecule has 0 aliphatic carbocycles. The summed E-state index contributed by atoms with van der Waals surface area (Å²) in [4.78, 5) is 24.8. The number of para-hydroxylation sites is 1. The number of benzene rings is 1. The van der Waals surface area contributed by atoms with Crippen molar-refractivity contribution in [2.75, 3.05) is 12.3 Å². The molecule has 0 fully saturated rings. The smallest absolute Gasteiger partial charge is 0.387 e. The van der Waals surface area contributed by atoms with Crippen LogP contribution in [0.5, 0.6) is 5.75 Å². The van der Waals surface area contributed by atoms with Gasteiger partial charge in [0.2, 0.25) is 5.91 Å². The second-order valence-corrected chi connectivity index (χ2v) is 8.98. The van der Waals surface area contributed by atoms with E-state index in [0.717, 1.165) is 11.3 Å². The van der Waals surface area contributed by atoms with Crippen molar-refractivity contribution in [1.82, 2.24) is 10.6 Å². The van der Waals surface area contributed by atoms with Crippen LogP contribution in [0.2, 0.25) is 0 Å². The van der Waals surface area contributed by atoms with Crippen LogP contribution in [-0.2, 0) is 20.4 Å². The number of hydrogen-bond donors (Lipinski definition) is 2. The highest BCUT2D eigenvalue weighted by Crippen LogP contribution is 2.23. The quantitative estimate of drug-likeness (QED) is 0.523. The number of alkyl halides is 2. The van der Waals surface area contributed by atoms with Crippen LogP contribution in [0.15, 0.2) is 41.8 Å². The third kappa shape index (κ3) is 7.09. The molecule has 0 saturated carbocycles. The second-order valence-electron chi connectivity index (χ2n) is 5.92. The second kappa shape index (κ2) is 10.7. The van der Waals surface area contributed by atoms with E-state index in [2.05, 4.69) is 15.4 Å². The number of nitrogens with zero attached hydrogens (tertiary/aromatic N) is 1. The lowest BCUT2D eigenvalue weighted by molar-refractivity contribution is -0.122. The summed E-state index contributed by atoms with van der Waals surface area (Å²) in [6.07, 6.45) is 0. The van der Waals surface area contributed by atoms with E-state index in [1.807, 2.05) is 0 Å². The molecule has 0 spiro atoms. The van der Waals surface area contributed by atoms with Gasteiger partial charge in [-0.3, -0.25) is 9.59 Å². The molecule has 0 saturated heterocycles. The predicted octanol–water partition coefficient (Wildman–Crippen LogP) is 1.70. The van der Waals surface area contributed by atoms with E-state index in [0.29, 0.717) is 0 Å². The van der Waals surface area contributed by atoms with E-state index in [1.165, 1.54) is 30.3 Å². The molecule has 1 aromatic heterocycles. The van der Waals surface area contributed by atoms with Gasteiger partial charge in [0.1, 0.15) is 18.3 Å². The molecule has 160 valence electrons. The van der Waals surface area contributed by atoms with Crippen molar-refractivity contribution in [3.05, 3.63) is 52.2 Å². The molecule has 1 aromatic carbocycles. The van der Waals surface area contributed by atoms with Gasteiger partial charge in [0.05, 0.1) is 22.5 Å². The van der Waals surface area contributed by atoms with Gasteiger partial charge >= 0.3 is 6.61 Å². The van der Waals surface area contributed by atoms with Gasteiger partial charge in [-0.05, 0) is 17.5 Å². The van der Waals surface area contributed by atoms with E-state index in [-0.39, 0.29) is 22.7 Å². The summed E-state index contributed by atoms with van der Waals surface area (Å²) in [5, 5.41) is 14.8. The molecule has 1 atom stereocenters. The molecule has 2 amide bonds. The first kappa shape index (κ1) is 23.2. The summed E-state index contributed by atoms with van der Waals surface area (Å²) in [5.41, 5.74) is -0.0152. The third-order valence-electron chi connectivity index (χ3n) is 3.69. The van der Waals surface area contributed by atoms with Crippen molar-refractivity contribution < 1.29 is 31.5 Å². The first-order chi connectivity index (χ1) is 14.2. The number of carbonyl (C=O) groups excluding carboxylic acids is 2. The Bertz CT molecular complexity index is 1020. The maximum absolute atomic E-state index is 12.7. The number of amides is 2. The molecule has 0 aliphatic rings. The monoisotopic (exact) mass is 457 g/mol. The predicted molar refractivity (Wildman–Crippen MR) is 105 cm³/mol. The lowest BCUT2D eigenvalue weighted by Gasteiger charge is -2.18. The number of sulfone groups is 1. The van der Waals surface area contributed by atoms with Gasteiger partial charge in [-0.15, -0.1) is 11.3 Å². The molecule has 0 aliphatic heterocycles. The van der Waals surface area contributed by atoms with Crippen molar-refractivity contribution in [2.24, 2.45) is 0 Å². The van der Waals surface area contributed by atoms with Crippen LogP contribution >= 0.6 is 11.3 Å². The number of nitriles is 1. The average molecular weight is 457 g/mol. The minimum Gasteiger partial charge on any atom is -0.435 e. The Kier molecular flexibility index (Phi) is 8.25. The Labute approximate surface area is 175 Å². The van der Waals surface area contributed by atoms with Crippen molar-refractivity contribution >= 4 is 33.0 Å². The first-order valence-electron chi connectivity index (χ1n) is 8.44. The van der Waals surface area contributed by atoms with Crippen LogP contribution in [0.1, 0.15) is 15.2 Å². The summed E-state index contributed by atoms with van der Waals surface area (Å²) in [6, 6.07) is 8.68. The van der Waals surface area contributed by atoms with Crippen LogP contribution in [0.4, 0.5) is 8.78 Å². The van der Waals surface area contributed by atoms with E-state index >= 15 is 0 Å². The van der Waals surface area contributed by atoms with Gasteiger partial charge < -0.3 is 15.4 Å². The van der Waals surface area contributed by atoms with Crippen molar-refractivity contribution in [3.63, 3.8) is 0 Å². The summed E-state index contributed by atoms with van der Waals surface area (Å²) in [7, 11) is -4.06. The van der Waals surface area contributed by atoms with E-state index in [9.17, 15) is 26.8 Å². The summed E-state index contributed by atoms with van der Waals surface area (Å²) >= 11 is 1.10. The summed E-state index contributed by atoms with van der Waals surface area (Å²) in [5.74, 6) is -3.30. The maximum Gasteiger partial charge on any atom is 0.387 e. The van der Waals surface area contributed by atoms with Crippen molar-refractivity contribution in [2.45, 2.75) is 18.4 Å². The molecule has 0 radical (unpaired) electrons. The van der Waals surface area contributed by atoms with E-state index < -0.39 is 45.8 Å². The zero-order chi connectivity index (χ0) is 22.1. The van der Waals surface area contributed by atoms with Crippen LogP contribution < -0.4 is 15.4 Å². The highest BCUT2D eigenvalue weighted by molar-refractivity contribution is 7.90. The van der Waals surface area contributed by atoms with E-state index in [4.69, 9.17) is 5.26 Å².